The summed E-state index contributed by atoms with van der Waals surface area (Å²) in [7, 11) is 0. The van der Waals surface area contributed by atoms with Crippen LogP contribution in [0.2, 0.25) is 0 Å². The number of hydrogen-bond acceptors (Lipinski definition) is 4. The van der Waals surface area contributed by atoms with Crippen molar-refractivity contribution >= 4 is 28.2 Å². The van der Waals surface area contributed by atoms with Crippen molar-refractivity contribution in [2.24, 2.45) is 0 Å². The minimum Gasteiger partial charge on any atom is -0.459 e. The first kappa shape index (κ1) is 22.7. The van der Waals surface area contributed by atoms with Crippen molar-refractivity contribution in [3.05, 3.63) is 16.0 Å². The zero-order valence-electron chi connectivity index (χ0n) is 17.1. The van der Waals surface area contributed by atoms with Crippen LogP contribution in [-0.4, -0.2) is 18.0 Å². The number of ether oxygens (including phenoxy) is 1. The number of aryl methyl sites for hydroxylation is 1. The van der Waals surface area contributed by atoms with E-state index in [-0.39, 0.29) is 18.0 Å². The number of carbonyl (C=O) groups excluding carboxylic acids is 2. The van der Waals surface area contributed by atoms with E-state index >= 15 is 0 Å². The van der Waals surface area contributed by atoms with Gasteiger partial charge in [-0.2, -0.15) is 0 Å². The molecular weight excluding hydrogens is 346 g/mol. The third-order valence-electron chi connectivity index (χ3n) is 4.37. The fourth-order valence-electron chi connectivity index (χ4n) is 3.01. The first-order valence-electron chi connectivity index (χ1n) is 10.0. The van der Waals surface area contributed by atoms with Crippen LogP contribution in [0.1, 0.15) is 99.9 Å². The first-order chi connectivity index (χ1) is 12.4. The normalized spacial score (nSPS) is 11.0. The molecule has 0 bridgehead atoms. The topological polar surface area (TPSA) is 55.4 Å². The molecule has 0 saturated carbocycles. The highest BCUT2D eigenvalue weighted by molar-refractivity contribution is 7.16. The second kappa shape index (κ2) is 12.1. The molecule has 1 amide bonds. The molecular formula is C21H35NO3S. The van der Waals surface area contributed by atoms with Gasteiger partial charge in [-0.3, -0.25) is 4.79 Å². The molecule has 1 heterocycles. The van der Waals surface area contributed by atoms with E-state index in [9.17, 15) is 9.59 Å². The van der Waals surface area contributed by atoms with Crippen LogP contribution in [0.4, 0.5) is 5.00 Å². The molecule has 0 fully saturated rings. The lowest BCUT2D eigenvalue weighted by atomic mass is 10.1. The van der Waals surface area contributed by atoms with Crippen LogP contribution in [0, 0.1) is 6.92 Å². The predicted molar refractivity (Wildman–Crippen MR) is 110 cm³/mol. The Morgan fingerprint density at radius 2 is 1.65 bits per heavy atom. The summed E-state index contributed by atoms with van der Waals surface area (Å²) in [6, 6.07) is 0. The monoisotopic (exact) mass is 381 g/mol. The summed E-state index contributed by atoms with van der Waals surface area (Å²) in [5, 5.41) is 3.59. The van der Waals surface area contributed by atoms with Crippen LogP contribution in [0.3, 0.4) is 0 Å². The first-order valence-corrected chi connectivity index (χ1v) is 10.8. The second-order valence-corrected chi connectivity index (χ2v) is 8.29. The Morgan fingerprint density at radius 3 is 2.23 bits per heavy atom. The number of thiophene rings is 1. The molecule has 148 valence electrons. The van der Waals surface area contributed by atoms with Crippen molar-refractivity contribution in [3.63, 3.8) is 0 Å². The van der Waals surface area contributed by atoms with Gasteiger partial charge in [-0.15, -0.1) is 11.3 Å². The van der Waals surface area contributed by atoms with Crippen molar-refractivity contribution < 1.29 is 14.3 Å². The molecule has 0 radical (unpaired) electrons. The van der Waals surface area contributed by atoms with Crippen molar-refractivity contribution in [2.75, 3.05) is 5.32 Å². The molecule has 1 rings (SSSR count). The minimum atomic E-state index is -0.340. The molecule has 1 N–H and O–H groups in total. The summed E-state index contributed by atoms with van der Waals surface area (Å²) in [6.45, 7) is 9.89. The van der Waals surface area contributed by atoms with E-state index in [1.807, 2.05) is 27.7 Å². The largest absolute Gasteiger partial charge is 0.459 e. The molecule has 0 unspecified atom stereocenters. The Hall–Kier alpha value is -1.36. The minimum absolute atomic E-state index is 0.0129. The number of hydrogen-bond donors (Lipinski definition) is 1. The van der Waals surface area contributed by atoms with Crippen LogP contribution in [0.5, 0.6) is 0 Å². The van der Waals surface area contributed by atoms with E-state index in [0.29, 0.717) is 17.0 Å². The van der Waals surface area contributed by atoms with Gasteiger partial charge in [0.2, 0.25) is 5.91 Å². The Labute approximate surface area is 162 Å². The van der Waals surface area contributed by atoms with E-state index in [2.05, 4.69) is 12.2 Å². The smallest absolute Gasteiger partial charge is 0.341 e. The zero-order chi connectivity index (χ0) is 19.5. The highest BCUT2D eigenvalue weighted by Gasteiger charge is 2.24. The van der Waals surface area contributed by atoms with Crippen molar-refractivity contribution in [3.8, 4) is 0 Å². The number of nitrogens with one attached hydrogen (secondary N) is 1. The number of rotatable bonds is 12. The summed E-state index contributed by atoms with van der Waals surface area (Å²) in [4.78, 5) is 25.8. The SMILES string of the molecule is CCCCCCCCCC(=O)Nc1sc(C)c(CC)c1C(=O)OC(C)C. The second-order valence-electron chi connectivity index (χ2n) is 7.07. The molecule has 0 aromatic carbocycles. The van der Waals surface area contributed by atoms with Crippen molar-refractivity contribution in [1.29, 1.82) is 0 Å². The average molecular weight is 382 g/mol. The van der Waals surface area contributed by atoms with Gasteiger partial charge in [0.05, 0.1) is 11.7 Å². The van der Waals surface area contributed by atoms with Gasteiger partial charge in [-0.05, 0) is 39.2 Å². The molecule has 26 heavy (non-hydrogen) atoms. The van der Waals surface area contributed by atoms with Crippen LogP contribution >= 0.6 is 11.3 Å². The van der Waals surface area contributed by atoms with Gasteiger partial charge in [0.15, 0.2) is 0 Å². The van der Waals surface area contributed by atoms with Crippen LogP contribution in [-0.2, 0) is 16.0 Å². The Bertz CT molecular complexity index is 578. The fourth-order valence-corrected chi connectivity index (χ4v) is 4.16. The maximum absolute atomic E-state index is 12.5. The van der Waals surface area contributed by atoms with Gasteiger partial charge in [0.1, 0.15) is 5.00 Å². The molecule has 0 aliphatic heterocycles. The molecule has 0 aliphatic carbocycles. The van der Waals surface area contributed by atoms with E-state index < -0.39 is 0 Å². The number of carbonyl (C=O) groups is 2. The third-order valence-corrected chi connectivity index (χ3v) is 5.43. The van der Waals surface area contributed by atoms with E-state index in [0.717, 1.165) is 29.7 Å². The highest BCUT2D eigenvalue weighted by Crippen LogP contribution is 2.34. The summed E-state index contributed by atoms with van der Waals surface area (Å²) < 4.78 is 5.38. The van der Waals surface area contributed by atoms with Crippen molar-refractivity contribution in [1.82, 2.24) is 0 Å². The average Bonchev–Trinajstić information content (AvgIpc) is 2.88. The molecule has 1 aromatic heterocycles. The lowest BCUT2D eigenvalue weighted by Gasteiger charge is -2.11. The maximum atomic E-state index is 12.5. The molecule has 5 heteroatoms. The van der Waals surface area contributed by atoms with Gasteiger partial charge >= 0.3 is 5.97 Å². The lowest BCUT2D eigenvalue weighted by molar-refractivity contribution is -0.116. The molecule has 0 atom stereocenters. The summed E-state index contributed by atoms with van der Waals surface area (Å²) in [6.07, 6.45) is 9.35. The predicted octanol–water partition coefficient (Wildman–Crippen LogP) is 6.26. The van der Waals surface area contributed by atoms with Crippen LogP contribution in [0.25, 0.3) is 0 Å². The lowest BCUT2D eigenvalue weighted by Crippen LogP contribution is -2.17. The maximum Gasteiger partial charge on any atom is 0.341 e. The van der Waals surface area contributed by atoms with Crippen molar-refractivity contribution in [2.45, 2.75) is 98.5 Å². The summed E-state index contributed by atoms with van der Waals surface area (Å²) >= 11 is 1.47. The van der Waals surface area contributed by atoms with E-state index in [4.69, 9.17) is 4.74 Å². The van der Waals surface area contributed by atoms with Crippen LogP contribution in [0.15, 0.2) is 0 Å². The van der Waals surface area contributed by atoms with Gasteiger partial charge in [-0.1, -0.05) is 52.4 Å². The Morgan fingerprint density at radius 1 is 1.04 bits per heavy atom. The van der Waals surface area contributed by atoms with E-state index in [1.54, 1.807) is 0 Å². The Balaban J connectivity index is 2.60. The number of esters is 1. The molecule has 0 saturated heterocycles. The van der Waals surface area contributed by atoms with Gasteiger partial charge in [-0.25, -0.2) is 4.79 Å². The summed E-state index contributed by atoms with van der Waals surface area (Å²) in [5.41, 5.74) is 1.52. The molecule has 4 nitrogen and oxygen atoms in total. The zero-order valence-corrected chi connectivity index (χ0v) is 17.9. The molecule has 0 spiro atoms. The third kappa shape index (κ3) is 7.48. The van der Waals surface area contributed by atoms with Gasteiger partial charge in [0, 0.05) is 11.3 Å². The van der Waals surface area contributed by atoms with E-state index in [1.165, 1.54) is 43.4 Å². The standard InChI is InChI=1S/C21H35NO3S/c1-6-8-9-10-11-12-13-14-18(23)22-20-19(21(24)25-15(3)4)17(7-2)16(5)26-20/h15H,6-14H2,1-5H3,(H,22,23). The summed E-state index contributed by atoms with van der Waals surface area (Å²) in [5.74, 6) is -0.353. The van der Waals surface area contributed by atoms with Crippen LogP contribution < -0.4 is 5.32 Å². The number of amides is 1. The number of anilines is 1. The fraction of sp³-hybridized carbons (Fsp3) is 0.714. The van der Waals surface area contributed by atoms with Gasteiger partial charge in [0.25, 0.3) is 0 Å². The quantitative estimate of drug-likeness (QED) is 0.343. The molecule has 1 aromatic rings. The highest BCUT2D eigenvalue weighted by atomic mass is 32.1. The number of unbranched alkanes of at least 4 members (excludes halogenated alkanes) is 6. The Kier molecular flexibility index (Phi) is 10.6. The van der Waals surface area contributed by atoms with Gasteiger partial charge < -0.3 is 10.1 Å². The molecule has 0 aliphatic rings.